The van der Waals surface area contributed by atoms with Crippen LogP contribution in [0.3, 0.4) is 0 Å². The standard InChI is InChI=1S/C19H15FN5O/c20-17-18-7-1-2-8-19(18)15(6-5-14(18)12-25(26)24-17)22-16(23-19)10-13-4-3-9-21-11-13/h1-9,11H,10,12H2,(H,22,23)/q+1. The third-order valence-corrected chi connectivity index (χ3v) is 5.28. The molecule has 2 atom stereocenters. The largest absolute Gasteiger partial charge is 0.345 e. The van der Waals surface area contributed by atoms with Crippen molar-refractivity contribution in [2.75, 3.05) is 6.54 Å². The number of halogens is 1. The molecule has 128 valence electrons. The number of hydrazone groups is 1. The molecule has 2 aliphatic carbocycles. The second-order valence-corrected chi connectivity index (χ2v) is 6.69. The number of nitrogens with one attached hydrogen (secondary N) is 1. The van der Waals surface area contributed by atoms with Gasteiger partial charge in [0.2, 0.25) is 0 Å². The van der Waals surface area contributed by atoms with Crippen molar-refractivity contribution in [2.45, 2.75) is 12.0 Å². The monoisotopic (exact) mass is 348 g/mol. The van der Waals surface area contributed by atoms with Gasteiger partial charge in [0.15, 0.2) is 4.87 Å². The second-order valence-electron chi connectivity index (χ2n) is 6.69. The Morgan fingerprint density at radius 1 is 1.27 bits per heavy atom. The van der Waals surface area contributed by atoms with Crippen molar-refractivity contribution < 1.29 is 9.26 Å². The van der Waals surface area contributed by atoms with Crippen molar-refractivity contribution in [1.29, 1.82) is 0 Å². The Morgan fingerprint density at radius 3 is 3.00 bits per heavy atom. The quantitative estimate of drug-likeness (QED) is 0.834. The van der Waals surface area contributed by atoms with E-state index in [-0.39, 0.29) is 6.54 Å². The van der Waals surface area contributed by atoms with Gasteiger partial charge in [0.05, 0.1) is 15.7 Å². The number of pyridine rings is 1. The molecule has 4 aliphatic rings. The van der Waals surface area contributed by atoms with Crippen molar-refractivity contribution in [2.24, 2.45) is 15.5 Å². The van der Waals surface area contributed by atoms with Crippen LogP contribution in [0, 0.1) is 10.3 Å². The van der Waals surface area contributed by atoms with Gasteiger partial charge in [0.1, 0.15) is 16.8 Å². The zero-order chi connectivity index (χ0) is 17.8. The molecule has 0 radical (unpaired) electrons. The van der Waals surface area contributed by atoms with Gasteiger partial charge < -0.3 is 5.32 Å². The molecule has 0 amide bonds. The fourth-order valence-corrected chi connectivity index (χ4v) is 4.14. The number of nitroso groups, excluding NO2 is 1. The number of amidine groups is 1. The van der Waals surface area contributed by atoms with Gasteiger partial charge >= 0.3 is 0 Å². The van der Waals surface area contributed by atoms with E-state index in [9.17, 15) is 4.91 Å². The van der Waals surface area contributed by atoms with Gasteiger partial charge in [0, 0.05) is 24.4 Å². The highest BCUT2D eigenvalue weighted by molar-refractivity contribution is 5.97. The zero-order valence-corrected chi connectivity index (χ0v) is 13.8. The van der Waals surface area contributed by atoms with Gasteiger partial charge in [-0.1, -0.05) is 30.4 Å². The molecule has 0 fully saturated rings. The highest BCUT2D eigenvalue weighted by atomic mass is 19.1. The third kappa shape index (κ3) is 1.82. The average Bonchev–Trinajstić information content (AvgIpc) is 2.99. The predicted octanol–water partition coefficient (Wildman–Crippen LogP) is 2.38. The molecular formula is C19H15FN5O+. The van der Waals surface area contributed by atoms with Gasteiger partial charge in [0.25, 0.3) is 12.5 Å². The van der Waals surface area contributed by atoms with E-state index in [0.717, 1.165) is 17.1 Å². The van der Waals surface area contributed by atoms with Crippen LogP contribution in [0.5, 0.6) is 0 Å². The molecule has 1 aromatic heterocycles. The molecule has 6 nitrogen and oxygen atoms in total. The van der Waals surface area contributed by atoms with Crippen LogP contribution in [-0.2, 0) is 6.42 Å². The topological polar surface area (TPSA) is 69.7 Å². The Kier molecular flexibility index (Phi) is 2.98. The maximum absolute atomic E-state index is 15.1. The first-order chi connectivity index (χ1) is 12.6. The van der Waals surface area contributed by atoms with Crippen LogP contribution in [0.15, 0.2) is 82.3 Å². The lowest BCUT2D eigenvalue weighted by molar-refractivity contribution is -0.552. The van der Waals surface area contributed by atoms with Crippen LogP contribution in [0.1, 0.15) is 5.56 Å². The number of nitrogens with zero attached hydrogens (tertiary/aromatic N) is 4. The molecule has 26 heavy (non-hydrogen) atoms. The molecular weight excluding hydrogens is 333 g/mol. The number of rotatable bonds is 2. The zero-order valence-electron chi connectivity index (χ0n) is 13.8. The van der Waals surface area contributed by atoms with Crippen LogP contribution in [-0.4, -0.2) is 33.7 Å². The summed E-state index contributed by atoms with van der Waals surface area (Å²) in [6.45, 7) is 0.0184. The molecule has 0 saturated carbocycles. The lowest BCUT2D eigenvalue weighted by atomic mass is 9.59. The average molecular weight is 348 g/mol. The molecule has 2 spiro atoms. The predicted molar refractivity (Wildman–Crippen MR) is 95.2 cm³/mol. The second kappa shape index (κ2) is 5.14. The van der Waals surface area contributed by atoms with Crippen molar-refractivity contribution in [3.8, 4) is 0 Å². The van der Waals surface area contributed by atoms with Crippen molar-refractivity contribution in [1.82, 2.24) is 10.3 Å². The molecule has 0 bridgehead atoms. The summed E-state index contributed by atoms with van der Waals surface area (Å²) in [6.07, 6.45) is 15.0. The SMILES string of the molecule is O=[N+]1CC2=CC=C3NC(Cc4cccnc4)=NC34C=CC=CC24C(F)=N1. The molecule has 1 N–H and O–H groups in total. The first kappa shape index (κ1) is 15.1. The van der Waals surface area contributed by atoms with Crippen molar-refractivity contribution >= 4 is 11.8 Å². The van der Waals surface area contributed by atoms with E-state index in [4.69, 9.17) is 4.99 Å². The Bertz CT molecular complexity index is 1000. The maximum Gasteiger partial charge on any atom is 0.276 e. The van der Waals surface area contributed by atoms with Crippen molar-refractivity contribution in [3.05, 3.63) is 82.7 Å². The lowest BCUT2D eigenvalue weighted by Crippen LogP contribution is -2.56. The molecule has 0 aromatic carbocycles. The van der Waals surface area contributed by atoms with Crippen LogP contribution in [0.25, 0.3) is 0 Å². The summed E-state index contributed by atoms with van der Waals surface area (Å²) >= 11 is 0. The van der Waals surface area contributed by atoms with Gasteiger partial charge in [-0.3, -0.25) is 9.98 Å². The summed E-state index contributed by atoms with van der Waals surface area (Å²) < 4.78 is 15.1. The Morgan fingerprint density at radius 2 is 2.15 bits per heavy atom. The number of hydrogen-bond donors (Lipinski definition) is 1. The first-order valence-corrected chi connectivity index (χ1v) is 8.37. The fraction of sp³-hybridized carbons (Fsp3) is 0.211. The molecule has 0 saturated heterocycles. The normalized spacial score (nSPS) is 31.0. The summed E-state index contributed by atoms with van der Waals surface area (Å²) in [4.78, 5) is 21.1. The Balaban J connectivity index is 1.66. The van der Waals surface area contributed by atoms with Crippen molar-refractivity contribution in [3.63, 3.8) is 0 Å². The van der Waals surface area contributed by atoms with E-state index < -0.39 is 16.9 Å². The minimum Gasteiger partial charge on any atom is -0.345 e. The van der Waals surface area contributed by atoms with Crippen LogP contribution in [0.4, 0.5) is 4.39 Å². The first-order valence-electron chi connectivity index (χ1n) is 8.37. The third-order valence-electron chi connectivity index (χ3n) is 5.28. The lowest BCUT2D eigenvalue weighted by Gasteiger charge is -2.45. The number of allylic oxidation sites excluding steroid dienone is 4. The van der Waals surface area contributed by atoms with E-state index in [1.165, 1.54) is 0 Å². The smallest absolute Gasteiger partial charge is 0.276 e. The van der Waals surface area contributed by atoms with E-state index in [1.54, 1.807) is 30.6 Å². The summed E-state index contributed by atoms with van der Waals surface area (Å²) in [7, 11) is 0. The number of aliphatic imine (C=N–C) groups is 1. The molecule has 2 aliphatic heterocycles. The van der Waals surface area contributed by atoms with Crippen LogP contribution >= 0.6 is 0 Å². The minimum atomic E-state index is -1.18. The Labute approximate surface area is 148 Å². The van der Waals surface area contributed by atoms with Gasteiger partial charge in [-0.15, -0.1) is 0 Å². The Hall–Kier alpha value is -3.22. The minimum absolute atomic E-state index is 0.0184. The van der Waals surface area contributed by atoms with Crippen LogP contribution in [0.2, 0.25) is 0 Å². The van der Waals surface area contributed by atoms with E-state index in [0.29, 0.717) is 16.9 Å². The van der Waals surface area contributed by atoms with E-state index in [2.05, 4.69) is 15.4 Å². The molecule has 5 rings (SSSR count). The van der Waals surface area contributed by atoms with Gasteiger partial charge in [-0.2, -0.15) is 4.39 Å². The number of aromatic nitrogens is 1. The molecule has 7 heteroatoms. The molecule has 3 heterocycles. The summed E-state index contributed by atoms with van der Waals surface area (Å²) in [5.74, 6) is -0.0000409. The van der Waals surface area contributed by atoms with Gasteiger partial charge in [-0.25, -0.2) is 0 Å². The molecule has 2 unspecified atom stereocenters. The summed E-state index contributed by atoms with van der Waals surface area (Å²) in [5, 5.41) is 6.91. The van der Waals surface area contributed by atoms with E-state index >= 15 is 4.39 Å². The fourth-order valence-electron chi connectivity index (χ4n) is 4.14. The van der Waals surface area contributed by atoms with Crippen LogP contribution < -0.4 is 5.32 Å². The van der Waals surface area contributed by atoms with Gasteiger partial charge in [-0.05, 0) is 23.8 Å². The molecule has 1 aromatic rings. The number of hydrogen-bond acceptors (Lipinski definition) is 4. The highest BCUT2D eigenvalue weighted by Gasteiger charge is 2.65. The highest BCUT2D eigenvalue weighted by Crippen LogP contribution is 2.55. The maximum atomic E-state index is 15.1. The summed E-state index contributed by atoms with van der Waals surface area (Å²) in [5.41, 5.74) is 0.285. The van der Waals surface area contributed by atoms with E-state index in [1.807, 2.05) is 30.4 Å². The summed E-state index contributed by atoms with van der Waals surface area (Å²) in [6, 6.07) is 3.84.